The minimum Gasteiger partial charge on any atom is -0.404 e. The van der Waals surface area contributed by atoms with Gasteiger partial charge in [0, 0.05) is 30.5 Å². The molecule has 2 aliphatic rings. The van der Waals surface area contributed by atoms with E-state index in [9.17, 15) is 9.18 Å². The van der Waals surface area contributed by atoms with Crippen molar-refractivity contribution >= 4 is 29.1 Å². The van der Waals surface area contributed by atoms with Gasteiger partial charge >= 0.3 is 0 Å². The molecule has 5 N–H and O–H groups in total. The highest BCUT2D eigenvalue weighted by Gasteiger charge is 2.50. The Morgan fingerprint density at radius 2 is 2.04 bits per heavy atom. The Morgan fingerprint density at radius 3 is 2.73 bits per heavy atom. The highest BCUT2D eigenvalue weighted by molar-refractivity contribution is 6.08. The molecule has 2 aliphatic heterocycles. The van der Waals surface area contributed by atoms with Crippen molar-refractivity contribution in [3.8, 4) is 0 Å². The van der Waals surface area contributed by atoms with Gasteiger partial charge in [0.25, 0.3) is 5.91 Å². The van der Waals surface area contributed by atoms with Crippen LogP contribution in [0.2, 0.25) is 0 Å². The highest BCUT2D eigenvalue weighted by Crippen LogP contribution is 2.40. The zero-order chi connectivity index (χ0) is 18.3. The first-order valence-corrected chi connectivity index (χ1v) is 8.52. The van der Waals surface area contributed by atoms with Crippen LogP contribution >= 0.6 is 0 Å². The third-order valence-electron chi connectivity index (χ3n) is 5.22. The molecule has 1 unspecified atom stereocenters. The summed E-state index contributed by atoms with van der Waals surface area (Å²) in [6.07, 6.45) is 4.08. The number of hydrogen-bond acceptors (Lipinski definition) is 3. The van der Waals surface area contributed by atoms with Gasteiger partial charge in [0.1, 0.15) is 11.4 Å². The summed E-state index contributed by atoms with van der Waals surface area (Å²) in [6.45, 7) is 0.615. The first-order valence-electron chi connectivity index (χ1n) is 8.52. The van der Waals surface area contributed by atoms with E-state index in [2.05, 4.69) is 5.32 Å². The summed E-state index contributed by atoms with van der Waals surface area (Å²) in [4.78, 5) is 14.9. The number of hydrogen-bond donors (Lipinski definition) is 3. The number of anilines is 2. The molecule has 0 aliphatic carbocycles. The predicted molar refractivity (Wildman–Crippen MR) is 100 cm³/mol. The fraction of sp³-hybridized carbons (Fsp3) is 0.200. The number of carbonyl (C=O) groups is 1. The molecule has 2 heterocycles. The summed E-state index contributed by atoms with van der Waals surface area (Å²) in [6, 6.07) is 12.2. The number of carbonyl (C=O) groups excluding carboxylic acids is 1. The monoisotopic (exact) mass is 351 g/mol. The van der Waals surface area contributed by atoms with Gasteiger partial charge in [-0.1, -0.05) is 12.1 Å². The van der Waals surface area contributed by atoms with Crippen LogP contribution in [-0.4, -0.2) is 24.2 Å². The molecule has 0 radical (unpaired) electrons. The van der Waals surface area contributed by atoms with Crippen molar-refractivity contribution in [2.75, 3.05) is 16.8 Å². The predicted octanol–water partition coefficient (Wildman–Crippen LogP) is 1.10. The number of nitrogens with one attached hydrogen (secondary N) is 1. The number of fused-ring (bicyclic) bond motifs is 1. The van der Waals surface area contributed by atoms with E-state index in [-0.39, 0.29) is 11.7 Å². The Balaban J connectivity index is 1.58. The van der Waals surface area contributed by atoms with Gasteiger partial charge in [-0.2, -0.15) is 0 Å². The van der Waals surface area contributed by atoms with Crippen molar-refractivity contribution in [3.05, 3.63) is 65.6 Å². The highest BCUT2D eigenvalue weighted by atomic mass is 19.1. The molecule has 1 spiro atoms. The molecule has 0 aromatic heterocycles. The van der Waals surface area contributed by atoms with Crippen LogP contribution in [0.15, 0.2) is 48.7 Å². The Hall–Kier alpha value is -3.15. The molecule has 0 saturated carbocycles. The number of halogens is 1. The Kier molecular flexibility index (Phi) is 3.76. The van der Waals surface area contributed by atoms with E-state index >= 15 is 0 Å². The molecular formula is C20H20FN4O+. The second-order valence-corrected chi connectivity index (χ2v) is 6.73. The minimum atomic E-state index is -0.678. The van der Waals surface area contributed by atoms with Crippen molar-refractivity contribution in [2.45, 2.75) is 18.4 Å². The quantitative estimate of drug-likeness (QED) is 0.724. The molecule has 1 saturated heterocycles. The summed E-state index contributed by atoms with van der Waals surface area (Å²) < 4.78 is 13.5. The van der Waals surface area contributed by atoms with Gasteiger partial charge in [0.2, 0.25) is 0 Å². The van der Waals surface area contributed by atoms with Crippen LogP contribution < -0.4 is 21.4 Å². The topological polar surface area (TPSA) is 83.9 Å². The molecule has 2 aromatic carbocycles. The van der Waals surface area contributed by atoms with Crippen molar-refractivity contribution in [3.63, 3.8) is 0 Å². The van der Waals surface area contributed by atoms with Gasteiger partial charge in [0.05, 0.1) is 5.57 Å². The molecule has 6 heteroatoms. The number of amides is 1. The normalized spacial score (nSPS) is 21.8. The van der Waals surface area contributed by atoms with Gasteiger partial charge in [-0.05, 0) is 47.9 Å². The van der Waals surface area contributed by atoms with Crippen molar-refractivity contribution in [1.29, 1.82) is 0 Å². The standard InChI is InChI=1S/C20H19FN4O/c21-16-3-6-18-14(9-16)10-20(24-18)7-8-25(19(20)26)17-4-1-13(2-5-17)15(11-22)12-23/h1-6,9,11-12,22,24H,7-8,10,23H2/p+1/b15-12+,22-11?. The molecule has 5 nitrogen and oxygen atoms in total. The van der Waals surface area contributed by atoms with Crippen LogP contribution in [0.5, 0.6) is 0 Å². The number of nitrogens with two attached hydrogens (primary N) is 2. The van der Waals surface area contributed by atoms with E-state index in [4.69, 9.17) is 11.1 Å². The molecule has 26 heavy (non-hydrogen) atoms. The van der Waals surface area contributed by atoms with E-state index in [1.165, 1.54) is 24.5 Å². The molecule has 1 atom stereocenters. The maximum Gasteiger partial charge on any atom is 0.253 e. The smallest absolute Gasteiger partial charge is 0.253 e. The van der Waals surface area contributed by atoms with Crippen LogP contribution in [0.4, 0.5) is 15.8 Å². The van der Waals surface area contributed by atoms with Gasteiger partial charge in [-0.3, -0.25) is 10.2 Å². The minimum absolute atomic E-state index is 0.0156. The van der Waals surface area contributed by atoms with Crippen molar-refractivity contribution in [1.82, 2.24) is 0 Å². The maximum absolute atomic E-state index is 13.5. The lowest BCUT2D eigenvalue weighted by Gasteiger charge is -2.24. The van der Waals surface area contributed by atoms with Gasteiger partial charge < -0.3 is 16.0 Å². The molecule has 4 rings (SSSR count). The molecule has 1 fully saturated rings. The largest absolute Gasteiger partial charge is 0.404 e. The summed E-state index contributed by atoms with van der Waals surface area (Å²) >= 11 is 0. The Labute approximate surface area is 150 Å². The van der Waals surface area contributed by atoms with Gasteiger partial charge in [0.15, 0.2) is 6.21 Å². The van der Waals surface area contributed by atoms with E-state index in [1.807, 2.05) is 24.3 Å². The van der Waals surface area contributed by atoms with E-state index in [1.54, 1.807) is 11.0 Å². The van der Waals surface area contributed by atoms with Crippen LogP contribution in [0, 0.1) is 5.82 Å². The van der Waals surface area contributed by atoms with Gasteiger partial charge in [-0.25, -0.2) is 4.39 Å². The third-order valence-corrected chi connectivity index (χ3v) is 5.22. The average Bonchev–Trinajstić information content (AvgIpc) is 3.17. The fourth-order valence-corrected chi connectivity index (χ4v) is 3.84. The first-order chi connectivity index (χ1) is 12.6. The van der Waals surface area contributed by atoms with E-state index < -0.39 is 5.54 Å². The van der Waals surface area contributed by atoms with Crippen LogP contribution in [-0.2, 0) is 11.2 Å². The Morgan fingerprint density at radius 1 is 1.27 bits per heavy atom. The molecule has 2 aromatic rings. The zero-order valence-corrected chi connectivity index (χ0v) is 14.2. The van der Waals surface area contributed by atoms with Gasteiger partial charge in [-0.15, -0.1) is 0 Å². The summed E-state index contributed by atoms with van der Waals surface area (Å²) in [5.41, 5.74) is 9.02. The van der Waals surface area contributed by atoms with E-state index in [0.717, 1.165) is 28.1 Å². The summed E-state index contributed by atoms with van der Waals surface area (Å²) in [7, 11) is 0. The third kappa shape index (κ3) is 2.45. The maximum atomic E-state index is 13.5. The number of rotatable bonds is 3. The second kappa shape index (κ2) is 5.98. The van der Waals surface area contributed by atoms with Crippen molar-refractivity contribution < 1.29 is 14.6 Å². The SMILES string of the molecule is N/C=C(\C=[NH2+])c1ccc(N2CCC3(Cc4cc(F)ccc4N3)C2=O)cc1. The van der Waals surface area contributed by atoms with Crippen LogP contribution in [0.1, 0.15) is 17.5 Å². The number of benzene rings is 2. The fourth-order valence-electron chi connectivity index (χ4n) is 3.84. The average molecular weight is 351 g/mol. The molecular weight excluding hydrogens is 331 g/mol. The lowest BCUT2D eigenvalue weighted by atomic mass is 9.93. The zero-order valence-electron chi connectivity index (χ0n) is 14.2. The lowest BCUT2D eigenvalue weighted by Crippen LogP contribution is -2.45. The summed E-state index contributed by atoms with van der Waals surface area (Å²) in [5, 5.41) is 8.89. The van der Waals surface area contributed by atoms with Crippen molar-refractivity contribution in [2.24, 2.45) is 5.73 Å². The lowest BCUT2D eigenvalue weighted by molar-refractivity contribution is -0.120. The van der Waals surface area contributed by atoms with Crippen LogP contribution in [0.25, 0.3) is 5.57 Å². The molecule has 0 bridgehead atoms. The van der Waals surface area contributed by atoms with Crippen LogP contribution in [0.3, 0.4) is 0 Å². The second-order valence-electron chi connectivity index (χ2n) is 6.73. The molecule has 1 amide bonds. The summed E-state index contributed by atoms with van der Waals surface area (Å²) in [5.74, 6) is -0.261. The number of allylic oxidation sites excluding steroid dienone is 1. The number of nitrogens with zero attached hydrogens (tertiary/aromatic N) is 1. The first kappa shape index (κ1) is 16.3. The molecule has 132 valence electrons. The van der Waals surface area contributed by atoms with E-state index in [0.29, 0.717) is 19.4 Å². The Bertz CT molecular complexity index is 922.